The summed E-state index contributed by atoms with van der Waals surface area (Å²) in [4.78, 5) is 4.43. The molecule has 2 N–H and O–H groups in total. The Balaban J connectivity index is 2.13. The van der Waals surface area contributed by atoms with Gasteiger partial charge in [-0.2, -0.15) is 0 Å². The largest absolute Gasteiger partial charge is 0.489 e. The quantitative estimate of drug-likeness (QED) is 0.824. The molecule has 0 fully saturated rings. The van der Waals surface area contributed by atoms with Crippen molar-refractivity contribution in [3.63, 3.8) is 0 Å². The molecular formula is C17H20N2OS. The highest BCUT2D eigenvalue weighted by Gasteiger charge is 2.09. The van der Waals surface area contributed by atoms with E-state index in [1.807, 2.05) is 30.3 Å². The summed E-state index contributed by atoms with van der Waals surface area (Å²) >= 11 is 4.94. The topological polar surface area (TPSA) is 48.1 Å². The van der Waals surface area contributed by atoms with Gasteiger partial charge in [0.2, 0.25) is 0 Å². The molecular weight excluding hydrogens is 280 g/mol. The van der Waals surface area contributed by atoms with Crippen molar-refractivity contribution < 1.29 is 4.74 Å². The molecule has 21 heavy (non-hydrogen) atoms. The zero-order chi connectivity index (χ0) is 15.2. The lowest BCUT2D eigenvalue weighted by Crippen LogP contribution is -2.12. The first-order valence-corrected chi connectivity index (χ1v) is 7.49. The van der Waals surface area contributed by atoms with Gasteiger partial charge in [0.05, 0.1) is 5.69 Å². The molecule has 4 heteroatoms. The molecule has 1 atom stereocenters. The smallest absolute Gasteiger partial charge is 0.123 e. The maximum absolute atomic E-state index is 5.97. The number of thiocarbonyl (C=S) groups is 1. The number of benzene rings is 1. The maximum Gasteiger partial charge on any atom is 0.123 e. The first-order chi connectivity index (χ1) is 10.1. The van der Waals surface area contributed by atoms with E-state index in [1.54, 1.807) is 6.20 Å². The Morgan fingerprint density at radius 3 is 2.81 bits per heavy atom. The van der Waals surface area contributed by atoms with Crippen molar-refractivity contribution in [3.8, 4) is 5.75 Å². The van der Waals surface area contributed by atoms with Crippen molar-refractivity contribution in [2.45, 2.75) is 32.8 Å². The Morgan fingerprint density at radius 2 is 2.10 bits per heavy atom. The van der Waals surface area contributed by atoms with E-state index in [0.29, 0.717) is 23.2 Å². The van der Waals surface area contributed by atoms with Gasteiger partial charge in [0.1, 0.15) is 17.3 Å². The zero-order valence-electron chi connectivity index (χ0n) is 12.4. The van der Waals surface area contributed by atoms with Gasteiger partial charge in [-0.3, -0.25) is 4.98 Å². The summed E-state index contributed by atoms with van der Waals surface area (Å²) in [5.74, 6) is 1.41. The van der Waals surface area contributed by atoms with E-state index < -0.39 is 0 Å². The van der Waals surface area contributed by atoms with Crippen LogP contribution in [-0.4, -0.2) is 9.97 Å². The van der Waals surface area contributed by atoms with Gasteiger partial charge in [0.15, 0.2) is 0 Å². The molecule has 0 amide bonds. The molecule has 0 spiro atoms. The number of para-hydroxylation sites is 1. The number of ether oxygens (including phenoxy) is 1. The summed E-state index contributed by atoms with van der Waals surface area (Å²) in [6, 6.07) is 12.0. The van der Waals surface area contributed by atoms with Crippen molar-refractivity contribution in [2.24, 2.45) is 5.73 Å². The van der Waals surface area contributed by atoms with Gasteiger partial charge >= 0.3 is 0 Å². The first-order valence-electron chi connectivity index (χ1n) is 7.08. The number of rotatable bonds is 6. The third-order valence-electron chi connectivity index (χ3n) is 3.53. The van der Waals surface area contributed by atoms with E-state index in [-0.39, 0.29) is 0 Å². The van der Waals surface area contributed by atoms with Crippen LogP contribution in [0.1, 0.15) is 43.0 Å². The predicted octanol–water partition coefficient (Wildman–Crippen LogP) is 3.81. The van der Waals surface area contributed by atoms with E-state index in [2.05, 4.69) is 24.9 Å². The van der Waals surface area contributed by atoms with Crippen LogP contribution in [0.5, 0.6) is 5.75 Å². The Labute approximate surface area is 131 Å². The molecule has 110 valence electrons. The van der Waals surface area contributed by atoms with Gasteiger partial charge in [-0.05, 0) is 41.7 Å². The maximum atomic E-state index is 5.97. The fraction of sp³-hybridized carbons (Fsp3) is 0.294. The van der Waals surface area contributed by atoms with E-state index in [0.717, 1.165) is 17.7 Å². The molecule has 0 saturated carbocycles. The van der Waals surface area contributed by atoms with E-state index in [4.69, 9.17) is 22.7 Å². The summed E-state index contributed by atoms with van der Waals surface area (Å²) in [5, 5.41) is 0. The van der Waals surface area contributed by atoms with Gasteiger partial charge in [-0.1, -0.05) is 44.3 Å². The molecule has 0 saturated heterocycles. The molecule has 1 aromatic carbocycles. The normalized spacial score (nSPS) is 11.9. The van der Waals surface area contributed by atoms with Crippen LogP contribution < -0.4 is 10.5 Å². The molecule has 2 rings (SSSR count). The van der Waals surface area contributed by atoms with E-state index >= 15 is 0 Å². The number of hydrogen-bond acceptors (Lipinski definition) is 3. The number of nitrogens with two attached hydrogens (primary N) is 1. The molecule has 0 aliphatic heterocycles. The number of nitrogens with zero attached hydrogens (tertiary/aromatic N) is 1. The minimum atomic E-state index is 0.303. The van der Waals surface area contributed by atoms with Crippen molar-refractivity contribution in [2.75, 3.05) is 0 Å². The van der Waals surface area contributed by atoms with Crippen LogP contribution in [0.15, 0.2) is 42.6 Å². The Bertz CT molecular complexity index is 628. The monoisotopic (exact) mass is 300 g/mol. The van der Waals surface area contributed by atoms with Gasteiger partial charge in [-0.25, -0.2) is 0 Å². The van der Waals surface area contributed by atoms with Crippen LogP contribution in [0.3, 0.4) is 0 Å². The Hall–Kier alpha value is -1.94. The molecule has 1 heterocycles. The van der Waals surface area contributed by atoms with Crippen LogP contribution in [-0.2, 0) is 6.61 Å². The lowest BCUT2D eigenvalue weighted by atomic mass is 9.98. The minimum Gasteiger partial charge on any atom is -0.489 e. The summed E-state index contributed by atoms with van der Waals surface area (Å²) in [6.45, 7) is 4.87. The standard InChI is InChI=1S/C17H20N2OS/c1-3-12(2)14-6-4-5-7-16(14)20-11-13-8-9-19-15(10-13)17(18)21/h4-10,12H,3,11H2,1-2H3,(H2,18,21). The zero-order valence-corrected chi connectivity index (χ0v) is 13.2. The lowest BCUT2D eigenvalue weighted by molar-refractivity contribution is 0.301. The highest BCUT2D eigenvalue weighted by Crippen LogP contribution is 2.28. The fourth-order valence-electron chi connectivity index (χ4n) is 2.10. The average molecular weight is 300 g/mol. The van der Waals surface area contributed by atoms with Gasteiger partial charge in [-0.15, -0.1) is 0 Å². The number of hydrogen-bond donors (Lipinski definition) is 1. The summed E-state index contributed by atoms with van der Waals surface area (Å²) in [5.41, 5.74) is 8.47. The summed E-state index contributed by atoms with van der Waals surface area (Å²) in [7, 11) is 0. The number of pyridine rings is 1. The SMILES string of the molecule is CCC(C)c1ccccc1OCc1ccnc(C(N)=S)c1. The molecule has 0 bridgehead atoms. The molecule has 0 aliphatic rings. The van der Waals surface area contributed by atoms with E-state index in [1.165, 1.54) is 5.56 Å². The third-order valence-corrected chi connectivity index (χ3v) is 3.74. The predicted molar refractivity (Wildman–Crippen MR) is 89.6 cm³/mol. The van der Waals surface area contributed by atoms with Crippen LogP contribution >= 0.6 is 12.2 Å². The first kappa shape index (κ1) is 15.4. The van der Waals surface area contributed by atoms with Gasteiger partial charge < -0.3 is 10.5 Å². The molecule has 1 unspecified atom stereocenters. The lowest BCUT2D eigenvalue weighted by Gasteiger charge is -2.15. The van der Waals surface area contributed by atoms with Crippen molar-refractivity contribution in [3.05, 3.63) is 59.4 Å². The highest BCUT2D eigenvalue weighted by atomic mass is 32.1. The second-order valence-electron chi connectivity index (χ2n) is 5.05. The van der Waals surface area contributed by atoms with E-state index in [9.17, 15) is 0 Å². The summed E-state index contributed by atoms with van der Waals surface area (Å²) in [6.07, 6.45) is 2.79. The molecule has 1 aromatic heterocycles. The van der Waals surface area contributed by atoms with Crippen LogP contribution in [0, 0.1) is 0 Å². The molecule has 0 aliphatic carbocycles. The second-order valence-corrected chi connectivity index (χ2v) is 5.49. The summed E-state index contributed by atoms with van der Waals surface area (Å²) < 4.78 is 5.97. The average Bonchev–Trinajstić information content (AvgIpc) is 2.52. The van der Waals surface area contributed by atoms with Crippen molar-refractivity contribution in [1.82, 2.24) is 4.98 Å². The van der Waals surface area contributed by atoms with Crippen LogP contribution in [0.4, 0.5) is 0 Å². The van der Waals surface area contributed by atoms with Crippen molar-refractivity contribution >= 4 is 17.2 Å². The second kappa shape index (κ2) is 7.18. The van der Waals surface area contributed by atoms with Crippen LogP contribution in [0.2, 0.25) is 0 Å². The Morgan fingerprint density at radius 1 is 1.33 bits per heavy atom. The van der Waals surface area contributed by atoms with Crippen LogP contribution in [0.25, 0.3) is 0 Å². The third kappa shape index (κ3) is 4.02. The van der Waals surface area contributed by atoms with Gasteiger partial charge in [0, 0.05) is 6.20 Å². The van der Waals surface area contributed by atoms with Crippen molar-refractivity contribution in [1.29, 1.82) is 0 Å². The van der Waals surface area contributed by atoms with Gasteiger partial charge in [0.25, 0.3) is 0 Å². The highest BCUT2D eigenvalue weighted by molar-refractivity contribution is 7.80. The molecule has 0 radical (unpaired) electrons. The fourth-order valence-corrected chi connectivity index (χ4v) is 2.21. The molecule has 3 nitrogen and oxygen atoms in total. The molecule has 2 aromatic rings. The minimum absolute atomic E-state index is 0.303. The Kier molecular flexibility index (Phi) is 5.28. The number of aromatic nitrogens is 1.